The van der Waals surface area contributed by atoms with Crippen LogP contribution in [0.3, 0.4) is 0 Å². The van der Waals surface area contributed by atoms with Crippen LogP contribution in [0.5, 0.6) is 0 Å². The Balaban J connectivity index is 2.61. The molecule has 50 valence electrons. The predicted octanol–water partition coefficient (Wildman–Crippen LogP) is 1.09. The van der Waals surface area contributed by atoms with E-state index >= 15 is 0 Å². The molecule has 0 bridgehead atoms. The van der Waals surface area contributed by atoms with Gasteiger partial charge in [0, 0.05) is 0 Å². The van der Waals surface area contributed by atoms with Gasteiger partial charge in [0.2, 0.25) is 0 Å². The molecule has 0 aliphatic heterocycles. The van der Waals surface area contributed by atoms with E-state index in [4.69, 9.17) is 11.6 Å². The smallest absolute Gasteiger partial charge is 0.110 e. The molecule has 1 aromatic heterocycles. The Morgan fingerprint density at radius 2 is 2.44 bits per heavy atom. The maximum absolute atomic E-state index is 5.70. The Bertz CT molecular complexity index is 185. The zero-order valence-electron chi connectivity index (χ0n) is 5.23. The molecule has 0 aromatic carbocycles. The minimum absolute atomic E-state index is 0.881. The van der Waals surface area contributed by atoms with Gasteiger partial charge in [0.1, 0.15) is 6.54 Å². The van der Waals surface area contributed by atoms with Gasteiger partial charge in [-0.1, -0.05) is 11.6 Å². The number of quaternary nitrogens is 1. The fraction of sp³-hybridized carbons (Fsp3) is 0.333. The number of rotatable bonds is 2. The van der Waals surface area contributed by atoms with Crippen molar-refractivity contribution in [2.45, 2.75) is 6.54 Å². The standard InChI is InChI=1S/C6H8ClNS/c1-8-4-5-2-3-6(7)9-5/h2-3,8H,4H2,1H3/p+1. The SMILES string of the molecule is C[NH2+]Cc1ccc(Cl)s1. The number of nitrogens with two attached hydrogens (primary N) is 1. The first kappa shape index (κ1) is 7.06. The first-order valence-corrected chi connectivity index (χ1v) is 4.04. The predicted molar refractivity (Wildman–Crippen MR) is 40.9 cm³/mol. The second kappa shape index (κ2) is 3.20. The maximum Gasteiger partial charge on any atom is 0.110 e. The first-order valence-electron chi connectivity index (χ1n) is 2.85. The summed E-state index contributed by atoms with van der Waals surface area (Å²) in [5.41, 5.74) is 0. The molecule has 1 heterocycles. The van der Waals surface area contributed by atoms with Crippen molar-refractivity contribution >= 4 is 22.9 Å². The largest absolute Gasteiger partial charge is 0.344 e. The second-order valence-electron chi connectivity index (χ2n) is 1.82. The van der Waals surface area contributed by atoms with E-state index in [-0.39, 0.29) is 0 Å². The van der Waals surface area contributed by atoms with Gasteiger partial charge >= 0.3 is 0 Å². The van der Waals surface area contributed by atoms with Crippen LogP contribution < -0.4 is 5.32 Å². The van der Waals surface area contributed by atoms with Gasteiger partial charge in [0.15, 0.2) is 0 Å². The molecular weight excluding hydrogens is 154 g/mol. The van der Waals surface area contributed by atoms with Crippen LogP contribution in [0, 0.1) is 0 Å². The highest BCUT2D eigenvalue weighted by Crippen LogP contribution is 2.19. The number of halogens is 1. The van der Waals surface area contributed by atoms with Crippen LogP contribution in [-0.4, -0.2) is 7.05 Å². The van der Waals surface area contributed by atoms with Crippen molar-refractivity contribution in [3.63, 3.8) is 0 Å². The van der Waals surface area contributed by atoms with Crippen molar-refractivity contribution < 1.29 is 5.32 Å². The molecule has 2 N–H and O–H groups in total. The lowest BCUT2D eigenvalue weighted by atomic mass is 10.5. The number of hydrogen-bond acceptors (Lipinski definition) is 1. The van der Waals surface area contributed by atoms with Gasteiger partial charge in [0.05, 0.1) is 16.3 Å². The monoisotopic (exact) mass is 162 g/mol. The summed E-state index contributed by atoms with van der Waals surface area (Å²) in [4.78, 5) is 1.34. The third-order valence-electron chi connectivity index (χ3n) is 1.03. The lowest BCUT2D eigenvalue weighted by Gasteiger charge is -1.86. The Kier molecular flexibility index (Phi) is 2.51. The van der Waals surface area contributed by atoms with Crippen molar-refractivity contribution in [2.75, 3.05) is 7.05 Å². The van der Waals surface area contributed by atoms with Crippen molar-refractivity contribution in [1.82, 2.24) is 0 Å². The van der Waals surface area contributed by atoms with E-state index < -0.39 is 0 Å². The Hall–Kier alpha value is -0.0500. The number of thiophene rings is 1. The van der Waals surface area contributed by atoms with Crippen molar-refractivity contribution in [2.24, 2.45) is 0 Å². The highest BCUT2D eigenvalue weighted by Gasteiger charge is 1.95. The fourth-order valence-electron chi connectivity index (χ4n) is 0.663. The summed E-state index contributed by atoms with van der Waals surface area (Å²) < 4.78 is 0.881. The average molecular weight is 163 g/mol. The molecule has 0 spiro atoms. The summed E-state index contributed by atoms with van der Waals surface area (Å²) in [7, 11) is 2.05. The molecule has 0 fully saturated rings. The van der Waals surface area contributed by atoms with E-state index in [2.05, 4.69) is 11.4 Å². The third-order valence-corrected chi connectivity index (χ3v) is 2.29. The molecule has 0 unspecified atom stereocenters. The fourth-order valence-corrected chi connectivity index (χ4v) is 1.80. The minimum Gasteiger partial charge on any atom is -0.344 e. The minimum atomic E-state index is 0.881. The van der Waals surface area contributed by atoms with Crippen molar-refractivity contribution in [3.8, 4) is 0 Å². The Labute approximate surface area is 63.7 Å². The molecule has 1 rings (SSSR count). The highest BCUT2D eigenvalue weighted by atomic mass is 35.5. The van der Waals surface area contributed by atoms with Crippen LogP contribution in [0.1, 0.15) is 4.88 Å². The molecule has 0 amide bonds. The summed E-state index contributed by atoms with van der Waals surface area (Å²) in [6.45, 7) is 1.04. The van der Waals surface area contributed by atoms with Gasteiger partial charge in [-0.05, 0) is 12.1 Å². The summed E-state index contributed by atoms with van der Waals surface area (Å²) in [5.74, 6) is 0. The summed E-state index contributed by atoms with van der Waals surface area (Å²) in [5, 5.41) is 2.13. The van der Waals surface area contributed by atoms with E-state index in [1.165, 1.54) is 4.88 Å². The molecular formula is C6H9ClNS+. The van der Waals surface area contributed by atoms with Gasteiger partial charge in [-0.15, -0.1) is 11.3 Å². The lowest BCUT2D eigenvalue weighted by Crippen LogP contribution is -2.77. The number of hydrogen-bond donors (Lipinski definition) is 1. The zero-order valence-corrected chi connectivity index (χ0v) is 6.80. The zero-order chi connectivity index (χ0) is 6.69. The summed E-state index contributed by atoms with van der Waals surface area (Å²) >= 11 is 7.35. The molecule has 0 aliphatic carbocycles. The summed E-state index contributed by atoms with van der Waals surface area (Å²) in [6, 6.07) is 4.00. The highest BCUT2D eigenvalue weighted by molar-refractivity contribution is 7.16. The second-order valence-corrected chi connectivity index (χ2v) is 3.62. The summed E-state index contributed by atoms with van der Waals surface area (Å²) in [6.07, 6.45) is 0. The molecule has 0 atom stereocenters. The van der Waals surface area contributed by atoms with E-state index in [0.29, 0.717) is 0 Å². The van der Waals surface area contributed by atoms with E-state index in [0.717, 1.165) is 10.9 Å². The molecule has 1 aromatic rings. The molecule has 9 heavy (non-hydrogen) atoms. The molecule has 0 saturated heterocycles. The van der Waals surface area contributed by atoms with Crippen molar-refractivity contribution in [3.05, 3.63) is 21.3 Å². The lowest BCUT2D eigenvalue weighted by molar-refractivity contribution is -0.642. The Morgan fingerprint density at radius 1 is 1.67 bits per heavy atom. The maximum atomic E-state index is 5.70. The molecule has 3 heteroatoms. The van der Waals surface area contributed by atoms with Crippen LogP contribution in [0.2, 0.25) is 4.34 Å². The van der Waals surface area contributed by atoms with Crippen molar-refractivity contribution in [1.29, 1.82) is 0 Å². The van der Waals surface area contributed by atoms with Gasteiger partial charge < -0.3 is 5.32 Å². The topological polar surface area (TPSA) is 16.6 Å². The first-order chi connectivity index (χ1) is 4.33. The quantitative estimate of drug-likeness (QED) is 0.671. The molecule has 1 nitrogen and oxygen atoms in total. The van der Waals surface area contributed by atoms with Crippen LogP contribution in [0.4, 0.5) is 0 Å². The van der Waals surface area contributed by atoms with Crippen LogP contribution >= 0.6 is 22.9 Å². The molecule has 0 saturated carbocycles. The Morgan fingerprint density at radius 3 is 2.89 bits per heavy atom. The van der Waals surface area contributed by atoms with Gasteiger partial charge in [-0.2, -0.15) is 0 Å². The van der Waals surface area contributed by atoms with Gasteiger partial charge in [-0.25, -0.2) is 0 Å². The normalized spacial score (nSPS) is 10.0. The third kappa shape index (κ3) is 1.97. The van der Waals surface area contributed by atoms with E-state index in [9.17, 15) is 0 Å². The van der Waals surface area contributed by atoms with Crippen LogP contribution in [0.15, 0.2) is 12.1 Å². The van der Waals surface area contributed by atoms with E-state index in [1.807, 2.05) is 13.1 Å². The van der Waals surface area contributed by atoms with Gasteiger partial charge in [-0.3, -0.25) is 0 Å². The molecule has 0 aliphatic rings. The van der Waals surface area contributed by atoms with Gasteiger partial charge in [0.25, 0.3) is 0 Å². The van der Waals surface area contributed by atoms with Crippen LogP contribution in [0.25, 0.3) is 0 Å². The molecule has 0 radical (unpaired) electrons. The van der Waals surface area contributed by atoms with E-state index in [1.54, 1.807) is 11.3 Å². The average Bonchev–Trinajstić information content (AvgIpc) is 2.17. The van der Waals surface area contributed by atoms with Crippen LogP contribution in [-0.2, 0) is 6.54 Å².